The lowest BCUT2D eigenvalue weighted by Crippen LogP contribution is -3.00. The Labute approximate surface area is 214 Å². The molecule has 1 aromatic carbocycles. The first-order chi connectivity index (χ1) is 14.6. The van der Waals surface area contributed by atoms with Gasteiger partial charge in [0, 0.05) is 5.56 Å². The first-order valence-electron chi connectivity index (χ1n) is 13.2. The molecule has 0 bridgehead atoms. The quantitative estimate of drug-likeness (QED) is 0.224. The largest absolute Gasteiger partial charge is 1.00 e. The van der Waals surface area contributed by atoms with Gasteiger partial charge < -0.3 is 35.0 Å². The lowest BCUT2D eigenvalue weighted by atomic mass is 10.0. The summed E-state index contributed by atoms with van der Waals surface area (Å²) in [5.41, 5.74) is 4.71. The van der Waals surface area contributed by atoms with Crippen LogP contribution in [0.15, 0.2) is 30.3 Å². The summed E-state index contributed by atoms with van der Waals surface area (Å²) in [7, 11) is 6.50. The molecule has 3 N–H and O–H groups in total. The summed E-state index contributed by atoms with van der Waals surface area (Å²) in [6.07, 6.45) is 23.2. The molecule has 0 unspecified atom stereocenters. The fourth-order valence-corrected chi connectivity index (χ4v) is 4.24. The van der Waals surface area contributed by atoms with Crippen molar-refractivity contribution in [2.24, 2.45) is 0 Å². The van der Waals surface area contributed by atoms with Crippen molar-refractivity contribution in [3.63, 3.8) is 0 Å². The number of benzene rings is 1. The molecular weight excluding hydrogens is 435 g/mol. The van der Waals surface area contributed by atoms with E-state index in [1.807, 2.05) is 0 Å². The molecule has 0 aliphatic heterocycles. The molecule has 0 amide bonds. The van der Waals surface area contributed by atoms with Gasteiger partial charge in [-0.3, -0.25) is 0 Å². The highest BCUT2D eigenvalue weighted by molar-refractivity contribution is 5.13. The van der Waals surface area contributed by atoms with Gasteiger partial charge in [-0.05, 0) is 12.8 Å². The van der Waals surface area contributed by atoms with Crippen LogP contribution in [0.4, 0.5) is 0 Å². The van der Waals surface area contributed by atoms with Crippen molar-refractivity contribution >= 4 is 0 Å². The predicted molar refractivity (Wildman–Crippen MR) is 135 cm³/mol. The van der Waals surface area contributed by atoms with Crippen LogP contribution in [0.1, 0.15) is 115 Å². The fraction of sp³-hybridized carbons (Fsp3) is 0.786. The lowest BCUT2D eigenvalue weighted by molar-refractivity contribution is -0.903. The Kier molecular flexibility index (Phi) is 30.6. The molecule has 0 spiro atoms. The van der Waals surface area contributed by atoms with Crippen molar-refractivity contribution in [3.8, 4) is 0 Å². The Balaban J connectivity index is -0.00000204. The van der Waals surface area contributed by atoms with Crippen LogP contribution in [0.3, 0.4) is 0 Å². The summed E-state index contributed by atoms with van der Waals surface area (Å²) in [4.78, 5) is 0. The molecule has 0 aliphatic carbocycles. The van der Waals surface area contributed by atoms with Crippen molar-refractivity contribution in [1.29, 1.82) is 0 Å². The van der Waals surface area contributed by atoms with Gasteiger partial charge in [-0.25, -0.2) is 0 Å². The number of quaternary nitrogens is 2. The van der Waals surface area contributed by atoms with Gasteiger partial charge in [-0.2, -0.15) is 0 Å². The molecule has 0 heterocycles. The van der Waals surface area contributed by atoms with E-state index in [0.29, 0.717) is 0 Å². The molecular formula is C28H56Cl2N2. The van der Waals surface area contributed by atoms with Crippen LogP contribution < -0.4 is 30.5 Å². The Bertz CT molecular complexity index is 452. The third-order valence-corrected chi connectivity index (χ3v) is 6.07. The lowest BCUT2D eigenvalue weighted by Gasteiger charge is -2.30. The molecule has 1 aromatic rings. The van der Waals surface area contributed by atoms with Crippen LogP contribution in [-0.2, 0) is 6.54 Å². The molecule has 1 rings (SSSR count). The topological polar surface area (TPSA) is 27.6 Å². The van der Waals surface area contributed by atoms with Gasteiger partial charge in [-0.15, -0.1) is 0 Å². The van der Waals surface area contributed by atoms with Gasteiger partial charge in [0.1, 0.15) is 6.54 Å². The van der Waals surface area contributed by atoms with Gasteiger partial charge >= 0.3 is 0 Å². The second-order valence-corrected chi connectivity index (χ2v) is 9.61. The molecule has 2 nitrogen and oxygen atoms in total. The number of unbranched alkanes of at least 4 members (excludes halogenated alkanes) is 15. The molecule has 0 aromatic heterocycles. The van der Waals surface area contributed by atoms with E-state index in [9.17, 15) is 0 Å². The van der Waals surface area contributed by atoms with Crippen molar-refractivity contribution in [3.05, 3.63) is 35.9 Å². The number of halogens is 2. The van der Waals surface area contributed by atoms with Crippen LogP contribution in [0, 0.1) is 0 Å². The summed E-state index contributed by atoms with van der Waals surface area (Å²) in [5, 5.41) is 0. The highest BCUT2D eigenvalue weighted by Crippen LogP contribution is 2.15. The van der Waals surface area contributed by atoms with Crippen molar-refractivity contribution in [1.82, 2.24) is 0 Å². The molecule has 32 heavy (non-hydrogen) atoms. The molecule has 0 saturated carbocycles. The summed E-state index contributed by atoms with van der Waals surface area (Å²) in [6, 6.07) is 10.9. The maximum Gasteiger partial charge on any atom is 0.104 e. The summed E-state index contributed by atoms with van der Waals surface area (Å²) < 4.78 is 1.11. The first-order valence-corrected chi connectivity index (χ1v) is 13.2. The Hall–Kier alpha value is -0.280. The maximum absolute atomic E-state index is 3.25. The zero-order valence-corrected chi connectivity index (χ0v) is 23.5. The molecule has 4 heteroatoms. The smallest absolute Gasteiger partial charge is 0.104 e. The van der Waals surface area contributed by atoms with E-state index in [2.05, 4.69) is 57.1 Å². The average molecular weight is 492 g/mol. The van der Waals surface area contributed by atoms with Crippen molar-refractivity contribution in [2.45, 2.75) is 116 Å². The number of hydrogen-bond acceptors (Lipinski definition) is 0. The van der Waals surface area contributed by atoms with E-state index in [1.165, 1.54) is 115 Å². The standard InChI is InChI=1S/C27H50N.CH5N.2ClH/c1-4-5-6-7-8-9-10-11-12-13-14-15-16-17-18-22-25-28(2,3)26-27-23-20-19-21-24-27;1-2;;/h19-21,23-24H,4-18,22,25-26H2,1-3H3;2H2,1H3;2*1H/q+1;;;/p-1. The molecule has 0 fully saturated rings. The van der Waals surface area contributed by atoms with E-state index in [1.54, 1.807) is 7.05 Å². The van der Waals surface area contributed by atoms with Crippen molar-refractivity contribution < 1.29 is 35.0 Å². The normalized spacial score (nSPS) is 10.5. The minimum atomic E-state index is 0. The highest BCUT2D eigenvalue weighted by Gasteiger charge is 2.14. The minimum absolute atomic E-state index is 0. The Morgan fingerprint density at radius 3 is 1.28 bits per heavy atom. The summed E-state index contributed by atoms with van der Waals surface area (Å²) >= 11 is 0. The van der Waals surface area contributed by atoms with Gasteiger partial charge in [0.15, 0.2) is 0 Å². The Morgan fingerprint density at radius 2 is 0.906 bits per heavy atom. The molecule has 192 valence electrons. The van der Waals surface area contributed by atoms with E-state index in [-0.39, 0.29) is 24.8 Å². The molecule has 0 atom stereocenters. The van der Waals surface area contributed by atoms with Gasteiger partial charge in [0.05, 0.1) is 27.7 Å². The van der Waals surface area contributed by atoms with Gasteiger partial charge in [-0.1, -0.05) is 127 Å². The SMILES string of the molecule is CCCCCCCCCCCCCCCCCC[N+](C)(C)Cc1ccccc1.C[NH3+].[Cl-].[Cl-]. The van der Waals surface area contributed by atoms with Crippen LogP contribution in [-0.4, -0.2) is 32.2 Å². The van der Waals surface area contributed by atoms with Crippen molar-refractivity contribution in [2.75, 3.05) is 27.7 Å². The maximum atomic E-state index is 3.25. The molecule has 0 radical (unpaired) electrons. The van der Waals surface area contributed by atoms with E-state index in [0.717, 1.165) is 11.0 Å². The minimum Gasteiger partial charge on any atom is -1.00 e. The van der Waals surface area contributed by atoms with E-state index >= 15 is 0 Å². The van der Waals surface area contributed by atoms with Crippen LogP contribution in [0.2, 0.25) is 0 Å². The first kappa shape index (κ1) is 36.3. The van der Waals surface area contributed by atoms with E-state index < -0.39 is 0 Å². The van der Waals surface area contributed by atoms with Crippen LogP contribution >= 0.6 is 0 Å². The van der Waals surface area contributed by atoms with E-state index in [4.69, 9.17) is 0 Å². The third-order valence-electron chi connectivity index (χ3n) is 6.07. The fourth-order valence-electron chi connectivity index (χ4n) is 4.24. The number of hydrogen-bond donors (Lipinski definition) is 1. The number of nitrogens with zero attached hydrogens (tertiary/aromatic N) is 1. The monoisotopic (exact) mass is 490 g/mol. The second kappa shape index (κ2) is 27.0. The zero-order valence-electron chi connectivity index (χ0n) is 22.0. The predicted octanol–water partition coefficient (Wildman–Crippen LogP) is 1.39. The van der Waals surface area contributed by atoms with Gasteiger partial charge in [0.25, 0.3) is 0 Å². The zero-order chi connectivity index (χ0) is 22.3. The van der Waals surface area contributed by atoms with Gasteiger partial charge in [0.2, 0.25) is 0 Å². The molecule has 0 aliphatic rings. The summed E-state index contributed by atoms with van der Waals surface area (Å²) in [5.74, 6) is 0. The highest BCUT2D eigenvalue weighted by atomic mass is 35.5. The molecule has 0 saturated heterocycles. The Morgan fingerprint density at radius 1 is 0.562 bits per heavy atom. The van der Waals surface area contributed by atoms with Crippen LogP contribution in [0.25, 0.3) is 0 Å². The average Bonchev–Trinajstić information content (AvgIpc) is 2.75. The summed E-state index contributed by atoms with van der Waals surface area (Å²) in [6.45, 7) is 4.75. The van der Waals surface area contributed by atoms with Crippen LogP contribution in [0.5, 0.6) is 0 Å². The number of rotatable bonds is 19. The second-order valence-electron chi connectivity index (χ2n) is 9.61. The third kappa shape index (κ3) is 24.4.